The highest BCUT2D eigenvalue weighted by Crippen LogP contribution is 2.36. The minimum atomic E-state index is -0.606. The fourth-order valence-electron chi connectivity index (χ4n) is 2.87. The van der Waals surface area contributed by atoms with Crippen molar-refractivity contribution in [3.8, 4) is 22.9 Å². The summed E-state index contributed by atoms with van der Waals surface area (Å²) < 4.78 is 10.3. The molecule has 1 aromatic heterocycles. The van der Waals surface area contributed by atoms with E-state index in [2.05, 4.69) is 5.32 Å². The summed E-state index contributed by atoms with van der Waals surface area (Å²) in [5.74, 6) is -0.466. The molecular formula is C24H20N2O4S. The molecule has 0 bridgehead atoms. The Balaban J connectivity index is 1.92. The number of amides is 1. The fourth-order valence-corrected chi connectivity index (χ4v) is 3.82. The van der Waals surface area contributed by atoms with E-state index in [4.69, 9.17) is 9.47 Å². The molecule has 3 aromatic rings. The lowest BCUT2D eigenvalue weighted by Gasteiger charge is -2.08. The summed E-state index contributed by atoms with van der Waals surface area (Å²) in [4.78, 5) is 25.4. The minimum Gasteiger partial charge on any atom is -0.497 e. The lowest BCUT2D eigenvalue weighted by atomic mass is 10.0. The Kier molecular flexibility index (Phi) is 7.20. The highest BCUT2D eigenvalue weighted by molar-refractivity contribution is 7.15. The average molecular weight is 433 g/mol. The van der Waals surface area contributed by atoms with Crippen LogP contribution in [0.1, 0.15) is 22.8 Å². The van der Waals surface area contributed by atoms with E-state index in [0.29, 0.717) is 21.9 Å². The van der Waals surface area contributed by atoms with Gasteiger partial charge in [0.25, 0.3) is 5.91 Å². The molecule has 0 spiro atoms. The minimum absolute atomic E-state index is 0.0883. The first-order valence-electron chi connectivity index (χ1n) is 9.48. The number of carbonyl (C=O) groups is 2. The molecule has 0 aliphatic carbocycles. The van der Waals surface area contributed by atoms with Gasteiger partial charge < -0.3 is 14.8 Å². The Hall–Kier alpha value is -3.89. The van der Waals surface area contributed by atoms with E-state index in [1.54, 1.807) is 43.7 Å². The lowest BCUT2D eigenvalue weighted by molar-refractivity contribution is -0.112. The summed E-state index contributed by atoms with van der Waals surface area (Å²) in [6, 6.07) is 18.2. The zero-order valence-corrected chi connectivity index (χ0v) is 17.9. The number of rotatable bonds is 7. The number of methoxy groups -OCH3 is 1. The molecule has 3 rings (SSSR count). The number of hydrogen-bond acceptors (Lipinski definition) is 6. The van der Waals surface area contributed by atoms with Crippen LogP contribution in [0.25, 0.3) is 17.2 Å². The second kappa shape index (κ2) is 10.2. The highest BCUT2D eigenvalue weighted by atomic mass is 32.1. The molecule has 0 unspecified atom stereocenters. The van der Waals surface area contributed by atoms with Crippen LogP contribution in [0.15, 0.2) is 65.6 Å². The molecule has 0 saturated heterocycles. The van der Waals surface area contributed by atoms with Crippen LogP contribution < -0.4 is 10.1 Å². The smallest absolute Gasteiger partial charge is 0.341 e. The predicted molar refractivity (Wildman–Crippen MR) is 121 cm³/mol. The lowest BCUT2D eigenvalue weighted by Crippen LogP contribution is -2.16. The number of benzene rings is 2. The molecule has 1 amide bonds. The van der Waals surface area contributed by atoms with Crippen molar-refractivity contribution in [1.82, 2.24) is 0 Å². The second-order valence-corrected chi connectivity index (χ2v) is 7.22. The largest absolute Gasteiger partial charge is 0.497 e. The molecular weight excluding hydrogens is 412 g/mol. The fraction of sp³-hybridized carbons (Fsp3) is 0.125. The third-order valence-electron chi connectivity index (χ3n) is 4.37. The van der Waals surface area contributed by atoms with Crippen molar-refractivity contribution in [2.75, 3.05) is 19.0 Å². The predicted octanol–water partition coefficient (Wildman–Crippen LogP) is 5.15. The van der Waals surface area contributed by atoms with Gasteiger partial charge in [-0.1, -0.05) is 42.5 Å². The number of nitrogens with zero attached hydrogens (tertiary/aromatic N) is 1. The number of carbonyl (C=O) groups excluding carboxylic acids is 2. The second-order valence-electron chi connectivity index (χ2n) is 6.34. The van der Waals surface area contributed by atoms with Gasteiger partial charge in [0.05, 0.1) is 13.7 Å². The maximum absolute atomic E-state index is 12.8. The number of nitrogens with one attached hydrogen (secondary N) is 1. The summed E-state index contributed by atoms with van der Waals surface area (Å²) in [7, 11) is 1.56. The summed E-state index contributed by atoms with van der Waals surface area (Å²) in [5.41, 5.74) is 2.35. The van der Waals surface area contributed by atoms with Gasteiger partial charge in [-0.15, -0.1) is 11.3 Å². The van der Waals surface area contributed by atoms with E-state index < -0.39 is 11.9 Å². The van der Waals surface area contributed by atoms with E-state index in [1.165, 1.54) is 17.4 Å². The van der Waals surface area contributed by atoms with Crippen LogP contribution in [-0.2, 0) is 9.53 Å². The van der Waals surface area contributed by atoms with Gasteiger partial charge in [0.15, 0.2) is 0 Å². The topological polar surface area (TPSA) is 88.4 Å². The molecule has 0 atom stereocenters. The monoisotopic (exact) mass is 432 g/mol. The summed E-state index contributed by atoms with van der Waals surface area (Å²) >= 11 is 1.21. The van der Waals surface area contributed by atoms with Crippen LogP contribution in [0.2, 0.25) is 0 Å². The van der Waals surface area contributed by atoms with Crippen LogP contribution in [-0.4, -0.2) is 25.6 Å². The van der Waals surface area contributed by atoms with Gasteiger partial charge in [0.2, 0.25) is 0 Å². The molecule has 156 valence electrons. The van der Waals surface area contributed by atoms with Crippen LogP contribution >= 0.6 is 11.3 Å². The zero-order chi connectivity index (χ0) is 22.2. The first-order valence-corrected chi connectivity index (χ1v) is 10.4. The van der Waals surface area contributed by atoms with Crippen molar-refractivity contribution in [2.24, 2.45) is 0 Å². The summed E-state index contributed by atoms with van der Waals surface area (Å²) in [5, 5.41) is 14.3. The van der Waals surface area contributed by atoms with Crippen molar-refractivity contribution < 1.29 is 19.1 Å². The number of hydrogen-bond donors (Lipinski definition) is 1. The highest BCUT2D eigenvalue weighted by Gasteiger charge is 2.23. The third-order valence-corrected chi connectivity index (χ3v) is 5.27. The number of anilines is 1. The molecule has 0 saturated carbocycles. The Bertz CT molecular complexity index is 1140. The van der Waals surface area contributed by atoms with E-state index in [9.17, 15) is 14.9 Å². The molecule has 0 aliphatic rings. The van der Waals surface area contributed by atoms with Crippen molar-refractivity contribution in [2.45, 2.75) is 6.92 Å². The SMILES string of the molecule is CCOC(=O)c1c(-c2ccccc2)csc1NC(=O)C(C#N)=Cc1ccc(OC)cc1. The number of nitriles is 1. The van der Waals surface area contributed by atoms with Crippen molar-refractivity contribution >= 4 is 34.3 Å². The van der Waals surface area contributed by atoms with Crippen LogP contribution in [0.5, 0.6) is 5.75 Å². The zero-order valence-electron chi connectivity index (χ0n) is 17.0. The van der Waals surface area contributed by atoms with E-state index in [0.717, 1.165) is 5.56 Å². The van der Waals surface area contributed by atoms with Crippen LogP contribution in [0.4, 0.5) is 5.00 Å². The molecule has 7 heteroatoms. The maximum atomic E-state index is 12.8. The van der Waals surface area contributed by atoms with Gasteiger partial charge in [0.1, 0.15) is 28.0 Å². The molecule has 6 nitrogen and oxygen atoms in total. The Morgan fingerprint density at radius 2 is 1.84 bits per heavy atom. The van der Waals surface area contributed by atoms with Crippen molar-refractivity contribution in [3.05, 3.63) is 76.7 Å². The quantitative estimate of drug-likeness (QED) is 0.317. The van der Waals surface area contributed by atoms with Gasteiger partial charge in [-0.2, -0.15) is 5.26 Å². The molecule has 31 heavy (non-hydrogen) atoms. The van der Waals surface area contributed by atoms with Gasteiger partial charge in [-0.25, -0.2) is 4.79 Å². The van der Waals surface area contributed by atoms with E-state index >= 15 is 0 Å². The van der Waals surface area contributed by atoms with Gasteiger partial charge in [-0.05, 0) is 36.3 Å². The maximum Gasteiger partial charge on any atom is 0.341 e. The Labute approximate surface area is 184 Å². The normalized spacial score (nSPS) is 10.8. The van der Waals surface area contributed by atoms with Gasteiger partial charge >= 0.3 is 5.97 Å². The molecule has 1 heterocycles. The molecule has 1 N–H and O–H groups in total. The van der Waals surface area contributed by atoms with Crippen molar-refractivity contribution in [1.29, 1.82) is 5.26 Å². The molecule has 0 fully saturated rings. The van der Waals surface area contributed by atoms with Crippen LogP contribution in [0, 0.1) is 11.3 Å². The Morgan fingerprint density at radius 1 is 1.13 bits per heavy atom. The van der Waals surface area contributed by atoms with E-state index in [-0.39, 0.29) is 17.7 Å². The van der Waals surface area contributed by atoms with Crippen molar-refractivity contribution in [3.63, 3.8) is 0 Å². The Morgan fingerprint density at radius 3 is 2.45 bits per heavy atom. The first-order chi connectivity index (χ1) is 15.1. The number of ether oxygens (including phenoxy) is 2. The molecule has 0 aliphatic heterocycles. The number of esters is 1. The summed E-state index contributed by atoms with van der Waals surface area (Å²) in [6.45, 7) is 1.92. The number of thiophene rings is 1. The molecule has 0 radical (unpaired) electrons. The molecule has 2 aromatic carbocycles. The summed E-state index contributed by atoms with van der Waals surface area (Å²) in [6.07, 6.45) is 1.48. The average Bonchev–Trinajstić information content (AvgIpc) is 3.22. The van der Waals surface area contributed by atoms with E-state index in [1.807, 2.05) is 36.4 Å². The van der Waals surface area contributed by atoms with Crippen LogP contribution in [0.3, 0.4) is 0 Å². The van der Waals surface area contributed by atoms with Gasteiger partial charge in [-0.3, -0.25) is 4.79 Å². The van der Waals surface area contributed by atoms with Gasteiger partial charge in [0, 0.05) is 10.9 Å². The standard InChI is InChI=1S/C24H20N2O4S/c1-3-30-24(28)21-20(17-7-5-4-6-8-17)15-31-23(21)26-22(27)18(14-25)13-16-9-11-19(29-2)12-10-16/h4-13,15H,3H2,1-2H3,(H,26,27). The third kappa shape index (κ3) is 5.18. The first kappa shape index (κ1) is 21.8.